The Balaban J connectivity index is 1.84. The summed E-state index contributed by atoms with van der Waals surface area (Å²) in [4.78, 5) is 23.8. The van der Waals surface area contributed by atoms with Gasteiger partial charge in [-0.05, 0) is 37.3 Å². The molecule has 1 amide bonds. The summed E-state index contributed by atoms with van der Waals surface area (Å²) in [6.45, 7) is 2.52. The average molecular weight is 401 g/mol. The van der Waals surface area contributed by atoms with E-state index in [4.69, 9.17) is 4.74 Å². The highest BCUT2D eigenvalue weighted by Crippen LogP contribution is 2.26. The highest BCUT2D eigenvalue weighted by atomic mass is 79.9. The van der Waals surface area contributed by atoms with E-state index in [0.717, 1.165) is 21.7 Å². The molecule has 0 atom stereocenters. The quantitative estimate of drug-likeness (QED) is 0.629. The van der Waals surface area contributed by atoms with Gasteiger partial charge >= 0.3 is 0 Å². The molecule has 0 aliphatic rings. The van der Waals surface area contributed by atoms with Gasteiger partial charge in [0.1, 0.15) is 12.3 Å². The molecule has 0 unspecified atom stereocenters. The third kappa shape index (κ3) is 3.74. The third-order valence-electron chi connectivity index (χ3n) is 3.78. The zero-order valence-electron chi connectivity index (χ0n) is 13.7. The SMILES string of the molecule is CCOc1ccccc1NC(=O)Cn1cc(C=O)c2cc(Br)ccc21. The average Bonchev–Trinajstić information content (AvgIpc) is 2.93. The van der Waals surface area contributed by atoms with Crippen LogP contribution in [-0.4, -0.2) is 23.4 Å². The van der Waals surface area contributed by atoms with Gasteiger partial charge in [-0.1, -0.05) is 28.1 Å². The lowest BCUT2D eigenvalue weighted by Crippen LogP contribution is -2.18. The number of benzene rings is 2. The Morgan fingerprint density at radius 3 is 2.84 bits per heavy atom. The predicted molar refractivity (Wildman–Crippen MR) is 101 cm³/mol. The molecule has 128 valence electrons. The Kier molecular flexibility index (Phi) is 5.19. The lowest BCUT2D eigenvalue weighted by molar-refractivity contribution is -0.116. The monoisotopic (exact) mass is 400 g/mol. The van der Waals surface area contributed by atoms with E-state index in [9.17, 15) is 9.59 Å². The minimum absolute atomic E-state index is 0.104. The van der Waals surface area contributed by atoms with Crippen molar-refractivity contribution in [3.8, 4) is 5.75 Å². The van der Waals surface area contributed by atoms with Crippen LogP contribution in [-0.2, 0) is 11.3 Å². The number of fused-ring (bicyclic) bond motifs is 1. The van der Waals surface area contributed by atoms with Gasteiger partial charge in [-0.25, -0.2) is 0 Å². The number of nitrogens with zero attached hydrogens (tertiary/aromatic N) is 1. The minimum atomic E-state index is -0.190. The molecule has 3 rings (SSSR count). The van der Waals surface area contributed by atoms with Gasteiger partial charge in [-0.15, -0.1) is 0 Å². The summed E-state index contributed by atoms with van der Waals surface area (Å²) in [5, 5.41) is 3.68. The Morgan fingerprint density at radius 2 is 2.08 bits per heavy atom. The molecule has 1 aromatic heterocycles. The topological polar surface area (TPSA) is 60.3 Å². The summed E-state index contributed by atoms with van der Waals surface area (Å²) in [5.41, 5.74) is 2.02. The Hall–Kier alpha value is -2.60. The van der Waals surface area contributed by atoms with E-state index in [2.05, 4.69) is 21.2 Å². The van der Waals surface area contributed by atoms with E-state index in [1.807, 2.05) is 43.3 Å². The van der Waals surface area contributed by atoms with Crippen molar-refractivity contribution in [1.29, 1.82) is 0 Å². The number of hydrogen-bond acceptors (Lipinski definition) is 3. The van der Waals surface area contributed by atoms with Gasteiger partial charge in [0.25, 0.3) is 0 Å². The normalized spacial score (nSPS) is 10.6. The number of ether oxygens (including phenoxy) is 1. The van der Waals surface area contributed by atoms with Gasteiger partial charge in [-0.2, -0.15) is 0 Å². The molecule has 25 heavy (non-hydrogen) atoms. The second kappa shape index (κ2) is 7.53. The molecular formula is C19H17BrN2O3. The standard InChI is InChI=1S/C19H17BrN2O3/c1-2-25-18-6-4-3-5-16(18)21-19(24)11-22-10-13(12-23)15-9-14(20)7-8-17(15)22/h3-10,12H,2,11H2,1H3,(H,21,24). The zero-order chi connectivity index (χ0) is 17.8. The first-order valence-electron chi connectivity index (χ1n) is 7.87. The highest BCUT2D eigenvalue weighted by Gasteiger charge is 2.13. The number of amides is 1. The largest absolute Gasteiger partial charge is 0.492 e. The number of aldehydes is 1. The fraction of sp³-hybridized carbons (Fsp3) is 0.158. The van der Waals surface area contributed by atoms with Crippen LogP contribution in [0.3, 0.4) is 0 Å². The molecule has 5 nitrogen and oxygen atoms in total. The summed E-state index contributed by atoms with van der Waals surface area (Å²) in [5.74, 6) is 0.442. The maximum Gasteiger partial charge on any atom is 0.244 e. The molecule has 0 saturated carbocycles. The molecule has 0 spiro atoms. The van der Waals surface area contributed by atoms with Crippen LogP contribution in [0.2, 0.25) is 0 Å². The Labute approximate surface area is 153 Å². The van der Waals surface area contributed by atoms with Crippen molar-refractivity contribution in [3.05, 3.63) is 58.7 Å². The maximum absolute atomic E-state index is 12.5. The number of carbonyl (C=O) groups is 2. The van der Waals surface area contributed by atoms with Crippen LogP contribution < -0.4 is 10.1 Å². The molecule has 1 N–H and O–H groups in total. The molecule has 3 aromatic rings. The summed E-state index contributed by atoms with van der Waals surface area (Å²) < 4.78 is 8.17. The van der Waals surface area contributed by atoms with Crippen molar-refractivity contribution in [1.82, 2.24) is 4.57 Å². The van der Waals surface area contributed by atoms with E-state index in [1.165, 1.54) is 0 Å². The predicted octanol–water partition coefficient (Wildman–Crippen LogP) is 4.25. The van der Waals surface area contributed by atoms with Gasteiger partial charge in [0.15, 0.2) is 6.29 Å². The first kappa shape index (κ1) is 17.2. The van der Waals surface area contributed by atoms with Crippen molar-refractivity contribution >= 4 is 44.7 Å². The van der Waals surface area contributed by atoms with Crippen LogP contribution in [0.1, 0.15) is 17.3 Å². The molecule has 0 aliphatic heterocycles. The first-order valence-corrected chi connectivity index (χ1v) is 8.67. The fourth-order valence-corrected chi connectivity index (χ4v) is 3.08. The summed E-state index contributed by atoms with van der Waals surface area (Å²) >= 11 is 3.40. The van der Waals surface area contributed by atoms with Gasteiger partial charge < -0.3 is 14.6 Å². The molecule has 0 radical (unpaired) electrons. The Morgan fingerprint density at radius 1 is 1.28 bits per heavy atom. The van der Waals surface area contributed by atoms with E-state index in [-0.39, 0.29) is 12.5 Å². The van der Waals surface area contributed by atoms with Gasteiger partial charge in [-0.3, -0.25) is 9.59 Å². The lowest BCUT2D eigenvalue weighted by Gasteiger charge is -2.12. The molecule has 0 bridgehead atoms. The van der Waals surface area contributed by atoms with Gasteiger partial charge in [0.2, 0.25) is 5.91 Å². The van der Waals surface area contributed by atoms with Gasteiger partial charge in [0, 0.05) is 27.1 Å². The second-order valence-corrected chi connectivity index (χ2v) is 6.38. The number of para-hydroxylation sites is 2. The van der Waals surface area contributed by atoms with Gasteiger partial charge in [0.05, 0.1) is 12.3 Å². The fourth-order valence-electron chi connectivity index (χ4n) is 2.72. The van der Waals surface area contributed by atoms with Crippen molar-refractivity contribution in [2.45, 2.75) is 13.5 Å². The number of hydrogen-bond donors (Lipinski definition) is 1. The smallest absolute Gasteiger partial charge is 0.244 e. The number of carbonyl (C=O) groups excluding carboxylic acids is 2. The number of nitrogens with one attached hydrogen (secondary N) is 1. The van der Waals surface area contributed by atoms with Crippen molar-refractivity contribution < 1.29 is 14.3 Å². The molecule has 6 heteroatoms. The van der Waals surface area contributed by atoms with Crippen molar-refractivity contribution in [3.63, 3.8) is 0 Å². The first-order chi connectivity index (χ1) is 12.1. The number of anilines is 1. The molecule has 0 aliphatic carbocycles. The lowest BCUT2D eigenvalue weighted by atomic mass is 10.2. The zero-order valence-corrected chi connectivity index (χ0v) is 15.2. The van der Waals surface area contributed by atoms with Crippen LogP contribution in [0.5, 0.6) is 5.75 Å². The molecule has 2 aromatic carbocycles. The van der Waals surface area contributed by atoms with E-state index < -0.39 is 0 Å². The maximum atomic E-state index is 12.5. The van der Waals surface area contributed by atoms with E-state index in [0.29, 0.717) is 23.6 Å². The Bertz CT molecular complexity index is 934. The molecular weight excluding hydrogens is 384 g/mol. The molecule has 1 heterocycles. The van der Waals surface area contributed by atoms with Crippen LogP contribution in [0, 0.1) is 0 Å². The van der Waals surface area contributed by atoms with Crippen molar-refractivity contribution in [2.75, 3.05) is 11.9 Å². The van der Waals surface area contributed by atoms with E-state index in [1.54, 1.807) is 16.8 Å². The third-order valence-corrected chi connectivity index (χ3v) is 4.27. The number of halogens is 1. The van der Waals surface area contributed by atoms with Crippen molar-refractivity contribution in [2.24, 2.45) is 0 Å². The van der Waals surface area contributed by atoms with E-state index >= 15 is 0 Å². The second-order valence-electron chi connectivity index (χ2n) is 5.47. The minimum Gasteiger partial charge on any atom is -0.492 e. The van der Waals surface area contributed by atoms with Crippen LogP contribution in [0.4, 0.5) is 5.69 Å². The number of aromatic nitrogens is 1. The summed E-state index contributed by atoms with van der Waals surface area (Å²) in [6, 6.07) is 12.9. The number of rotatable bonds is 6. The van der Waals surface area contributed by atoms with Crippen LogP contribution in [0.15, 0.2) is 53.1 Å². The molecule has 0 fully saturated rings. The molecule has 0 saturated heterocycles. The summed E-state index contributed by atoms with van der Waals surface area (Å²) in [7, 11) is 0. The highest BCUT2D eigenvalue weighted by molar-refractivity contribution is 9.10. The summed E-state index contributed by atoms with van der Waals surface area (Å²) in [6.07, 6.45) is 2.49. The van der Waals surface area contributed by atoms with Crippen LogP contribution in [0.25, 0.3) is 10.9 Å². The van der Waals surface area contributed by atoms with Crippen LogP contribution >= 0.6 is 15.9 Å².